The van der Waals surface area contributed by atoms with E-state index in [-0.39, 0.29) is 11.8 Å². The van der Waals surface area contributed by atoms with Crippen LogP contribution in [0.2, 0.25) is 0 Å². The minimum absolute atomic E-state index is 0.127. The highest BCUT2D eigenvalue weighted by atomic mass is 16.2. The number of carbonyl (C=O) groups excluding carboxylic acids is 2. The van der Waals surface area contributed by atoms with E-state index in [1.165, 1.54) is 4.90 Å². The number of piperidine rings is 1. The number of imide groups is 1. The van der Waals surface area contributed by atoms with Gasteiger partial charge in [-0.25, -0.2) is 0 Å². The number of nitrogens with zero attached hydrogens (tertiary/aromatic N) is 3. The van der Waals surface area contributed by atoms with E-state index in [4.69, 9.17) is 0 Å². The van der Waals surface area contributed by atoms with Gasteiger partial charge < -0.3 is 9.80 Å². The first kappa shape index (κ1) is 20.6. The Hall–Kier alpha value is -2.14. The third-order valence-electron chi connectivity index (χ3n) is 6.06. The molecular formula is C23H33N3O2. The van der Waals surface area contributed by atoms with Crippen LogP contribution in [0.3, 0.4) is 0 Å². The van der Waals surface area contributed by atoms with E-state index in [1.54, 1.807) is 0 Å². The summed E-state index contributed by atoms with van der Waals surface area (Å²) in [5.74, 6) is -0.266. The van der Waals surface area contributed by atoms with E-state index in [0.29, 0.717) is 23.9 Å². The molecule has 5 nitrogen and oxygen atoms in total. The third kappa shape index (κ3) is 4.14. The predicted molar refractivity (Wildman–Crippen MR) is 113 cm³/mol. The van der Waals surface area contributed by atoms with Gasteiger partial charge in [-0.2, -0.15) is 0 Å². The number of likely N-dealkylation sites (N-methyl/N-ethyl adjacent to an activating group) is 1. The number of rotatable bonds is 7. The van der Waals surface area contributed by atoms with Gasteiger partial charge in [-0.15, -0.1) is 0 Å². The number of unbranched alkanes of at least 4 members (excludes halogenated alkanes) is 2. The maximum Gasteiger partial charge on any atom is 0.277 e. The minimum Gasteiger partial charge on any atom is -0.366 e. The first-order valence-corrected chi connectivity index (χ1v) is 10.5. The molecule has 0 spiro atoms. The van der Waals surface area contributed by atoms with Crippen LogP contribution in [0.4, 0.5) is 0 Å². The number of carbonyl (C=O) groups is 2. The van der Waals surface area contributed by atoms with Crippen molar-refractivity contribution in [3.8, 4) is 0 Å². The zero-order valence-corrected chi connectivity index (χ0v) is 17.7. The molecule has 2 aliphatic heterocycles. The highest BCUT2D eigenvalue weighted by molar-refractivity contribution is 6.35. The zero-order valence-electron chi connectivity index (χ0n) is 17.7. The van der Waals surface area contributed by atoms with E-state index in [1.807, 2.05) is 38.2 Å². The monoisotopic (exact) mass is 383 g/mol. The molecule has 2 aliphatic rings. The van der Waals surface area contributed by atoms with Crippen LogP contribution >= 0.6 is 0 Å². The number of benzene rings is 1. The second-order valence-corrected chi connectivity index (χ2v) is 8.20. The van der Waals surface area contributed by atoms with Crippen molar-refractivity contribution in [3.63, 3.8) is 0 Å². The summed E-state index contributed by atoms with van der Waals surface area (Å²) in [6, 6.07) is 8.24. The Morgan fingerprint density at radius 1 is 1.04 bits per heavy atom. The first-order valence-electron chi connectivity index (χ1n) is 10.5. The lowest BCUT2D eigenvalue weighted by Crippen LogP contribution is -2.43. The fourth-order valence-corrected chi connectivity index (χ4v) is 4.16. The molecule has 1 fully saturated rings. The maximum atomic E-state index is 13.3. The molecule has 0 N–H and O–H groups in total. The zero-order chi connectivity index (χ0) is 20.3. The molecule has 0 aromatic heterocycles. The summed E-state index contributed by atoms with van der Waals surface area (Å²) in [4.78, 5) is 32.4. The number of likely N-dealkylation sites (tertiary alicyclic amines) is 1. The molecule has 0 unspecified atom stereocenters. The number of hydrogen-bond donors (Lipinski definition) is 0. The van der Waals surface area contributed by atoms with Crippen LogP contribution in [0.15, 0.2) is 30.0 Å². The van der Waals surface area contributed by atoms with Gasteiger partial charge in [0.25, 0.3) is 11.8 Å². The van der Waals surface area contributed by atoms with Gasteiger partial charge >= 0.3 is 0 Å². The molecule has 152 valence electrons. The highest BCUT2D eigenvalue weighted by Crippen LogP contribution is 2.33. The summed E-state index contributed by atoms with van der Waals surface area (Å²) >= 11 is 0. The molecule has 1 aromatic carbocycles. The average Bonchev–Trinajstić information content (AvgIpc) is 2.93. The van der Waals surface area contributed by atoms with Crippen LogP contribution in [-0.2, 0) is 9.59 Å². The second kappa shape index (κ2) is 8.91. The smallest absolute Gasteiger partial charge is 0.277 e. The Labute approximate surface area is 169 Å². The molecule has 0 radical (unpaired) electrons. The first-order chi connectivity index (χ1) is 13.4. The van der Waals surface area contributed by atoms with Gasteiger partial charge in [0.1, 0.15) is 5.70 Å². The maximum absolute atomic E-state index is 13.3. The molecule has 5 heteroatoms. The summed E-state index contributed by atoms with van der Waals surface area (Å²) < 4.78 is 0. The minimum atomic E-state index is -0.139. The van der Waals surface area contributed by atoms with Crippen LogP contribution in [0, 0.1) is 6.92 Å². The summed E-state index contributed by atoms with van der Waals surface area (Å²) in [7, 11) is 4.12. The second-order valence-electron chi connectivity index (χ2n) is 8.20. The SMILES string of the molecule is CCCCCN1C(=O)C(c2ccc(C)cc2)=C(N(C)C2CCN(C)CC2)C1=O. The van der Waals surface area contributed by atoms with Gasteiger partial charge in [-0.1, -0.05) is 49.6 Å². The van der Waals surface area contributed by atoms with Gasteiger partial charge in [0.2, 0.25) is 0 Å². The third-order valence-corrected chi connectivity index (χ3v) is 6.06. The Kier molecular flexibility index (Phi) is 6.55. The largest absolute Gasteiger partial charge is 0.366 e. The predicted octanol–water partition coefficient (Wildman–Crippen LogP) is 3.29. The van der Waals surface area contributed by atoms with E-state index in [0.717, 1.165) is 56.3 Å². The number of amides is 2. The van der Waals surface area contributed by atoms with Crippen molar-refractivity contribution in [1.82, 2.24) is 14.7 Å². The van der Waals surface area contributed by atoms with E-state index < -0.39 is 0 Å². The van der Waals surface area contributed by atoms with Crippen LogP contribution in [0.25, 0.3) is 5.57 Å². The topological polar surface area (TPSA) is 43.9 Å². The van der Waals surface area contributed by atoms with Crippen LogP contribution in [-0.4, -0.2) is 66.3 Å². The summed E-state index contributed by atoms with van der Waals surface area (Å²) in [6.45, 7) is 6.70. The number of aryl methyl sites for hydroxylation is 1. The lowest BCUT2D eigenvalue weighted by Gasteiger charge is -2.36. The van der Waals surface area contributed by atoms with Gasteiger partial charge in [0.05, 0.1) is 5.57 Å². The molecule has 1 saturated heterocycles. The van der Waals surface area contributed by atoms with Crippen molar-refractivity contribution in [2.24, 2.45) is 0 Å². The quantitative estimate of drug-likeness (QED) is 0.535. The lowest BCUT2D eigenvalue weighted by molar-refractivity contribution is -0.137. The van der Waals surface area contributed by atoms with Crippen molar-refractivity contribution in [2.75, 3.05) is 33.7 Å². The van der Waals surface area contributed by atoms with Crippen molar-refractivity contribution in [2.45, 2.75) is 52.0 Å². The molecule has 0 saturated carbocycles. The standard InChI is InChI=1S/C23H33N3O2/c1-5-6-7-14-26-22(27)20(18-10-8-17(2)9-11-18)21(23(26)28)25(4)19-12-15-24(3)16-13-19/h8-11,19H,5-7,12-16H2,1-4H3. The fourth-order valence-electron chi connectivity index (χ4n) is 4.16. The number of hydrogen-bond acceptors (Lipinski definition) is 4. The van der Waals surface area contributed by atoms with Gasteiger partial charge in [0, 0.05) is 19.6 Å². The molecule has 0 aliphatic carbocycles. The van der Waals surface area contributed by atoms with Crippen LogP contribution in [0.5, 0.6) is 0 Å². The lowest BCUT2D eigenvalue weighted by atomic mass is 9.99. The Balaban J connectivity index is 1.94. The van der Waals surface area contributed by atoms with Gasteiger partial charge in [-0.3, -0.25) is 14.5 Å². The summed E-state index contributed by atoms with van der Waals surface area (Å²) in [5.41, 5.74) is 3.14. The average molecular weight is 384 g/mol. The summed E-state index contributed by atoms with van der Waals surface area (Å²) in [5, 5.41) is 0. The molecule has 0 atom stereocenters. The van der Waals surface area contributed by atoms with E-state index in [9.17, 15) is 9.59 Å². The normalized spacial score (nSPS) is 19.1. The molecule has 3 rings (SSSR count). The molecule has 1 aromatic rings. The van der Waals surface area contributed by atoms with Crippen LogP contribution < -0.4 is 0 Å². The van der Waals surface area contributed by atoms with Crippen molar-refractivity contribution >= 4 is 17.4 Å². The Morgan fingerprint density at radius 2 is 1.68 bits per heavy atom. The van der Waals surface area contributed by atoms with Gasteiger partial charge in [0.15, 0.2) is 0 Å². The van der Waals surface area contributed by atoms with E-state index >= 15 is 0 Å². The van der Waals surface area contributed by atoms with Gasteiger partial charge in [-0.05, 0) is 51.9 Å². The fraction of sp³-hybridized carbons (Fsp3) is 0.565. The summed E-state index contributed by atoms with van der Waals surface area (Å²) in [6.07, 6.45) is 4.97. The molecule has 2 heterocycles. The molecule has 28 heavy (non-hydrogen) atoms. The van der Waals surface area contributed by atoms with Crippen molar-refractivity contribution in [1.29, 1.82) is 0 Å². The molecular weight excluding hydrogens is 350 g/mol. The Morgan fingerprint density at radius 3 is 2.29 bits per heavy atom. The van der Waals surface area contributed by atoms with E-state index in [2.05, 4.69) is 23.8 Å². The Bertz CT molecular complexity index is 746. The highest BCUT2D eigenvalue weighted by Gasteiger charge is 2.42. The van der Waals surface area contributed by atoms with Crippen LogP contribution in [0.1, 0.15) is 50.2 Å². The van der Waals surface area contributed by atoms with Crippen molar-refractivity contribution < 1.29 is 9.59 Å². The molecule has 2 amide bonds. The molecule has 0 bridgehead atoms. The van der Waals surface area contributed by atoms with Crippen molar-refractivity contribution in [3.05, 3.63) is 41.1 Å².